The van der Waals surface area contributed by atoms with Gasteiger partial charge >= 0.3 is 0 Å². The Kier molecular flexibility index (Phi) is 4.95. The van der Waals surface area contributed by atoms with E-state index < -0.39 is 0 Å². The number of hydrogen-bond acceptors (Lipinski definition) is 5. The van der Waals surface area contributed by atoms with Gasteiger partial charge in [-0.25, -0.2) is 0 Å². The molecule has 0 fully saturated rings. The van der Waals surface area contributed by atoms with Crippen LogP contribution >= 0.6 is 11.5 Å². The molecule has 2 atom stereocenters. The van der Waals surface area contributed by atoms with Crippen LogP contribution in [0.1, 0.15) is 33.6 Å². The van der Waals surface area contributed by atoms with Crippen molar-refractivity contribution in [3.05, 3.63) is 24.5 Å². The van der Waals surface area contributed by atoms with Gasteiger partial charge in [0.05, 0.1) is 5.56 Å². The van der Waals surface area contributed by atoms with Crippen LogP contribution in [0.4, 0.5) is 10.8 Å². The normalized spacial score (nSPS) is 13.9. The third-order valence-corrected chi connectivity index (χ3v) is 4.29. The number of anilines is 2. The molecule has 2 aromatic rings. The lowest BCUT2D eigenvalue weighted by atomic mass is 10.0. The summed E-state index contributed by atoms with van der Waals surface area (Å²) in [4.78, 5) is 4.16. The van der Waals surface area contributed by atoms with E-state index in [0.717, 1.165) is 22.5 Å². The van der Waals surface area contributed by atoms with Gasteiger partial charge in [0.1, 0.15) is 10.8 Å². The first-order valence-corrected chi connectivity index (χ1v) is 7.81. The third-order valence-electron chi connectivity index (χ3n) is 3.50. The maximum Gasteiger partial charge on any atom is 0.147 e. The minimum absolute atomic E-state index is 0.403. The average molecular weight is 290 g/mol. The maximum absolute atomic E-state index is 6.01. The first-order valence-electron chi connectivity index (χ1n) is 7.03. The van der Waals surface area contributed by atoms with Gasteiger partial charge in [0.25, 0.3) is 0 Å². The molecule has 0 amide bonds. The molecule has 20 heavy (non-hydrogen) atoms. The van der Waals surface area contributed by atoms with E-state index in [2.05, 4.69) is 35.4 Å². The fourth-order valence-electron chi connectivity index (χ4n) is 2.24. The van der Waals surface area contributed by atoms with Crippen LogP contribution in [0.5, 0.6) is 0 Å². The van der Waals surface area contributed by atoms with Crippen LogP contribution in [0.3, 0.4) is 0 Å². The van der Waals surface area contributed by atoms with Crippen LogP contribution in [0.15, 0.2) is 24.5 Å². The molecule has 2 heterocycles. The number of pyridine rings is 1. The van der Waals surface area contributed by atoms with E-state index in [-0.39, 0.29) is 0 Å². The molecule has 0 aliphatic rings. The topological polar surface area (TPSA) is 63.8 Å². The summed E-state index contributed by atoms with van der Waals surface area (Å²) in [6.45, 7) is 6.71. The van der Waals surface area contributed by atoms with E-state index in [1.54, 1.807) is 6.20 Å². The first kappa shape index (κ1) is 14.8. The van der Waals surface area contributed by atoms with Crippen LogP contribution < -0.4 is 11.1 Å². The van der Waals surface area contributed by atoms with E-state index in [1.165, 1.54) is 18.0 Å². The summed E-state index contributed by atoms with van der Waals surface area (Å²) in [5.74, 6) is 1.28. The lowest BCUT2D eigenvalue weighted by molar-refractivity contribution is 0.484. The third kappa shape index (κ3) is 3.48. The summed E-state index contributed by atoms with van der Waals surface area (Å²) in [5.41, 5.74) is 7.99. The highest BCUT2D eigenvalue weighted by Gasteiger charge is 2.16. The van der Waals surface area contributed by atoms with Gasteiger partial charge < -0.3 is 11.1 Å². The zero-order valence-electron chi connectivity index (χ0n) is 12.3. The molecule has 0 aliphatic heterocycles. The second kappa shape index (κ2) is 6.70. The minimum Gasteiger partial charge on any atom is -0.382 e. The van der Waals surface area contributed by atoms with Crippen molar-refractivity contribution in [2.45, 2.75) is 39.7 Å². The van der Waals surface area contributed by atoms with E-state index in [4.69, 9.17) is 5.73 Å². The Morgan fingerprint density at radius 2 is 2.20 bits per heavy atom. The smallest absolute Gasteiger partial charge is 0.147 e. The van der Waals surface area contributed by atoms with Gasteiger partial charge in [0, 0.05) is 24.0 Å². The van der Waals surface area contributed by atoms with Crippen molar-refractivity contribution >= 4 is 22.4 Å². The average Bonchev–Trinajstić information content (AvgIpc) is 2.80. The van der Waals surface area contributed by atoms with Crippen molar-refractivity contribution in [3.63, 3.8) is 0 Å². The summed E-state index contributed by atoms with van der Waals surface area (Å²) in [5, 5.41) is 4.58. The molecule has 108 valence electrons. The Bertz CT molecular complexity index is 538. The Morgan fingerprint density at radius 3 is 2.85 bits per heavy atom. The van der Waals surface area contributed by atoms with Gasteiger partial charge in [0.2, 0.25) is 0 Å². The molecule has 0 saturated heterocycles. The zero-order valence-corrected chi connectivity index (χ0v) is 13.1. The van der Waals surface area contributed by atoms with Gasteiger partial charge in [-0.15, -0.1) is 0 Å². The Morgan fingerprint density at radius 1 is 1.40 bits per heavy atom. The highest BCUT2D eigenvalue weighted by Crippen LogP contribution is 2.37. The zero-order chi connectivity index (χ0) is 14.5. The number of nitrogens with one attached hydrogen (secondary N) is 1. The maximum atomic E-state index is 6.01. The standard InChI is InChI=1S/C15H22N4S/c1-4-10(2)8-11(3)18-15-13(14(16)19-20-15)12-6-5-7-17-9-12/h5-7,9-11,18H,4,8H2,1-3H3,(H2,16,19). The van der Waals surface area contributed by atoms with Crippen molar-refractivity contribution in [1.29, 1.82) is 0 Å². The van der Waals surface area contributed by atoms with Crippen molar-refractivity contribution in [2.24, 2.45) is 5.92 Å². The van der Waals surface area contributed by atoms with Crippen molar-refractivity contribution in [2.75, 3.05) is 11.1 Å². The van der Waals surface area contributed by atoms with Gasteiger partial charge in [-0.1, -0.05) is 26.3 Å². The van der Waals surface area contributed by atoms with E-state index in [1.807, 2.05) is 18.3 Å². The van der Waals surface area contributed by atoms with E-state index >= 15 is 0 Å². The van der Waals surface area contributed by atoms with Gasteiger partial charge in [0.15, 0.2) is 0 Å². The van der Waals surface area contributed by atoms with Gasteiger partial charge in [-0.2, -0.15) is 4.37 Å². The number of nitrogen functional groups attached to an aromatic ring is 1. The quantitative estimate of drug-likeness (QED) is 0.843. The molecule has 0 spiro atoms. The van der Waals surface area contributed by atoms with Gasteiger partial charge in [-0.05, 0) is 36.9 Å². The first-order chi connectivity index (χ1) is 9.61. The molecule has 0 radical (unpaired) electrons. The number of hydrogen-bond donors (Lipinski definition) is 2. The van der Waals surface area contributed by atoms with Crippen LogP contribution in [-0.4, -0.2) is 15.4 Å². The molecule has 2 rings (SSSR count). The van der Waals surface area contributed by atoms with Crippen molar-refractivity contribution in [3.8, 4) is 11.1 Å². The van der Waals surface area contributed by atoms with Crippen molar-refractivity contribution in [1.82, 2.24) is 9.36 Å². The van der Waals surface area contributed by atoms with Crippen LogP contribution in [0.25, 0.3) is 11.1 Å². The molecule has 0 bridgehead atoms. The van der Waals surface area contributed by atoms with Crippen LogP contribution in [0, 0.1) is 5.92 Å². The predicted molar refractivity (Wildman–Crippen MR) is 86.9 cm³/mol. The number of aromatic nitrogens is 2. The van der Waals surface area contributed by atoms with Crippen LogP contribution in [0.2, 0.25) is 0 Å². The molecule has 5 heteroatoms. The molecule has 0 saturated carbocycles. The monoisotopic (exact) mass is 290 g/mol. The fourth-order valence-corrected chi connectivity index (χ4v) is 3.09. The Labute approximate surface area is 124 Å². The second-order valence-electron chi connectivity index (χ2n) is 5.31. The van der Waals surface area contributed by atoms with E-state index in [9.17, 15) is 0 Å². The van der Waals surface area contributed by atoms with Gasteiger partial charge in [-0.3, -0.25) is 4.98 Å². The molecule has 4 nitrogen and oxygen atoms in total. The number of nitrogens with two attached hydrogens (primary N) is 1. The largest absolute Gasteiger partial charge is 0.382 e. The molecular formula is C15H22N4S. The highest BCUT2D eigenvalue weighted by atomic mass is 32.1. The Hall–Kier alpha value is -1.62. The highest BCUT2D eigenvalue weighted by molar-refractivity contribution is 7.11. The summed E-state index contributed by atoms with van der Waals surface area (Å²) < 4.78 is 4.27. The summed E-state index contributed by atoms with van der Waals surface area (Å²) >= 11 is 1.42. The van der Waals surface area contributed by atoms with Crippen LogP contribution in [-0.2, 0) is 0 Å². The summed E-state index contributed by atoms with van der Waals surface area (Å²) in [6.07, 6.45) is 5.93. The molecule has 0 aliphatic carbocycles. The molecular weight excluding hydrogens is 268 g/mol. The summed E-state index contributed by atoms with van der Waals surface area (Å²) in [6, 6.07) is 4.33. The molecule has 0 aromatic carbocycles. The Balaban J connectivity index is 2.18. The van der Waals surface area contributed by atoms with E-state index in [0.29, 0.717) is 17.8 Å². The molecule has 2 aromatic heterocycles. The predicted octanol–water partition coefficient (Wildman–Crippen LogP) is 4.02. The second-order valence-corrected chi connectivity index (χ2v) is 6.08. The minimum atomic E-state index is 0.403. The lowest BCUT2D eigenvalue weighted by Crippen LogP contribution is -2.18. The number of rotatable bonds is 6. The molecule has 2 unspecified atom stereocenters. The number of nitrogens with zero attached hydrogens (tertiary/aromatic N) is 2. The lowest BCUT2D eigenvalue weighted by Gasteiger charge is -2.18. The molecule has 3 N–H and O–H groups in total. The van der Waals surface area contributed by atoms with Crippen molar-refractivity contribution < 1.29 is 0 Å². The SMILES string of the molecule is CCC(C)CC(C)Nc1snc(N)c1-c1cccnc1. The fraction of sp³-hybridized carbons (Fsp3) is 0.467. The summed E-state index contributed by atoms with van der Waals surface area (Å²) in [7, 11) is 0.